The molecule has 0 unspecified atom stereocenters. The third-order valence-electron chi connectivity index (χ3n) is 5.11. The van der Waals surface area contributed by atoms with Gasteiger partial charge in [-0.15, -0.1) is 0 Å². The van der Waals surface area contributed by atoms with Gasteiger partial charge in [0.15, 0.2) is 0 Å². The lowest BCUT2D eigenvalue weighted by Gasteiger charge is -2.16. The van der Waals surface area contributed by atoms with Crippen molar-refractivity contribution in [3.8, 4) is 0 Å². The topological polar surface area (TPSA) is 93.1 Å². The highest BCUT2D eigenvalue weighted by Gasteiger charge is 2.15. The molecule has 0 saturated carbocycles. The molecule has 0 aliphatic rings. The van der Waals surface area contributed by atoms with Crippen LogP contribution in [-0.4, -0.2) is 40.9 Å². The van der Waals surface area contributed by atoms with Crippen LogP contribution in [0.1, 0.15) is 30.2 Å². The summed E-state index contributed by atoms with van der Waals surface area (Å²) in [6.45, 7) is 4.19. The molecule has 0 radical (unpaired) electrons. The summed E-state index contributed by atoms with van der Waals surface area (Å²) in [5.74, 6) is -0.512. The van der Waals surface area contributed by atoms with E-state index in [1.165, 1.54) is 0 Å². The number of pyridine rings is 1. The molecule has 2 aromatic heterocycles. The first kappa shape index (κ1) is 24.1. The Hall–Kier alpha value is -3.53. The predicted molar refractivity (Wildman–Crippen MR) is 123 cm³/mol. The van der Waals surface area contributed by atoms with E-state index in [9.17, 15) is 13.6 Å². The van der Waals surface area contributed by atoms with Gasteiger partial charge in [0.2, 0.25) is 5.91 Å². The Morgan fingerprint density at radius 3 is 2.79 bits per heavy atom. The van der Waals surface area contributed by atoms with Crippen LogP contribution in [0.2, 0.25) is 0 Å². The molecule has 2 heterocycles. The van der Waals surface area contributed by atoms with Crippen molar-refractivity contribution in [3.63, 3.8) is 0 Å². The Bertz CT molecular complexity index is 1120. The fraction of sp³-hybridized carbons (Fsp3) is 0.348. The van der Waals surface area contributed by atoms with E-state index in [0.29, 0.717) is 23.7 Å². The number of amides is 1. The molecule has 3 N–H and O–H groups in total. The number of anilines is 3. The Kier molecular flexibility index (Phi) is 7.94. The second kappa shape index (κ2) is 10.9. The van der Waals surface area contributed by atoms with E-state index in [0.717, 1.165) is 29.4 Å². The maximum atomic E-state index is 13.9. The zero-order chi connectivity index (χ0) is 24.0. The van der Waals surface area contributed by atoms with Crippen LogP contribution in [0.25, 0.3) is 0 Å². The van der Waals surface area contributed by atoms with Gasteiger partial charge < -0.3 is 20.7 Å². The minimum absolute atomic E-state index is 0.126. The van der Waals surface area contributed by atoms with Crippen LogP contribution in [0.3, 0.4) is 0 Å². The van der Waals surface area contributed by atoms with Crippen molar-refractivity contribution in [3.05, 3.63) is 65.1 Å². The maximum Gasteiger partial charge on any atom is 0.227 e. The molecule has 0 saturated heterocycles. The van der Waals surface area contributed by atoms with Crippen LogP contribution >= 0.6 is 0 Å². The lowest BCUT2D eigenvalue weighted by molar-refractivity contribution is -0.118. The third-order valence-corrected chi connectivity index (χ3v) is 5.11. The summed E-state index contributed by atoms with van der Waals surface area (Å²) in [6.07, 6.45) is 3.47. The summed E-state index contributed by atoms with van der Waals surface area (Å²) in [7, 11) is 3.33. The molecule has 0 fully saturated rings. The highest BCUT2D eigenvalue weighted by Crippen LogP contribution is 2.28. The van der Waals surface area contributed by atoms with Gasteiger partial charge in [-0.05, 0) is 32.0 Å². The molecular formula is C23H28F2N6O2. The van der Waals surface area contributed by atoms with E-state index in [1.807, 2.05) is 13.8 Å². The van der Waals surface area contributed by atoms with Crippen molar-refractivity contribution in [1.29, 1.82) is 0 Å². The molecule has 3 rings (SSSR count). The summed E-state index contributed by atoms with van der Waals surface area (Å²) in [5, 5.41) is 13.4. The highest BCUT2D eigenvalue weighted by atomic mass is 19.1. The summed E-state index contributed by atoms with van der Waals surface area (Å²) < 4.78 is 33.9. The molecule has 176 valence electrons. The molecule has 0 aliphatic carbocycles. The van der Waals surface area contributed by atoms with Crippen LogP contribution in [0, 0.1) is 18.6 Å². The zero-order valence-corrected chi connectivity index (χ0v) is 19.1. The Morgan fingerprint density at radius 2 is 2.06 bits per heavy atom. The van der Waals surface area contributed by atoms with Crippen molar-refractivity contribution < 1.29 is 18.3 Å². The van der Waals surface area contributed by atoms with Crippen molar-refractivity contribution in [1.82, 2.24) is 14.8 Å². The van der Waals surface area contributed by atoms with Gasteiger partial charge in [0.05, 0.1) is 42.3 Å². The van der Waals surface area contributed by atoms with Crippen molar-refractivity contribution >= 4 is 23.1 Å². The summed E-state index contributed by atoms with van der Waals surface area (Å²) in [5.41, 5.74) is 3.07. The van der Waals surface area contributed by atoms with Gasteiger partial charge in [-0.25, -0.2) is 13.8 Å². The van der Waals surface area contributed by atoms with Gasteiger partial charge >= 0.3 is 0 Å². The quantitative estimate of drug-likeness (QED) is 0.426. The number of carbonyl (C=O) groups is 1. The summed E-state index contributed by atoms with van der Waals surface area (Å²) >= 11 is 0. The van der Waals surface area contributed by atoms with Crippen LogP contribution in [0.15, 0.2) is 36.7 Å². The predicted octanol–water partition coefficient (Wildman–Crippen LogP) is 3.93. The van der Waals surface area contributed by atoms with Crippen molar-refractivity contribution in [2.45, 2.75) is 39.5 Å². The molecule has 3 aromatic rings. The average Bonchev–Trinajstić information content (AvgIpc) is 3.23. The highest BCUT2D eigenvalue weighted by molar-refractivity contribution is 5.95. The molecule has 0 spiro atoms. The minimum atomic E-state index is -0.491. The van der Waals surface area contributed by atoms with Gasteiger partial charge in [0.1, 0.15) is 17.5 Å². The Labute approximate surface area is 191 Å². The van der Waals surface area contributed by atoms with Crippen LogP contribution < -0.4 is 16.0 Å². The Morgan fingerprint density at radius 1 is 1.27 bits per heavy atom. The molecular weight excluding hydrogens is 430 g/mol. The number of benzene rings is 1. The smallest absolute Gasteiger partial charge is 0.227 e. The van der Waals surface area contributed by atoms with Crippen molar-refractivity contribution in [2.24, 2.45) is 0 Å². The van der Waals surface area contributed by atoms with E-state index in [4.69, 9.17) is 4.74 Å². The SMILES string of the molecule is CNc1cc(NCc2cnn(Cc3cc(F)ccc3F)c2)nc(C)c1NC(=O)C[C@@H](C)OC. The van der Waals surface area contributed by atoms with E-state index in [1.54, 1.807) is 37.3 Å². The first-order valence-corrected chi connectivity index (χ1v) is 10.5. The average molecular weight is 459 g/mol. The molecule has 8 nitrogen and oxygen atoms in total. The largest absolute Gasteiger partial charge is 0.386 e. The summed E-state index contributed by atoms with van der Waals surface area (Å²) in [6, 6.07) is 5.16. The van der Waals surface area contributed by atoms with Crippen LogP contribution in [-0.2, 0) is 22.6 Å². The molecule has 33 heavy (non-hydrogen) atoms. The monoisotopic (exact) mass is 458 g/mol. The number of hydrogen-bond acceptors (Lipinski definition) is 6. The minimum Gasteiger partial charge on any atom is -0.386 e. The first-order chi connectivity index (χ1) is 15.8. The molecule has 0 aliphatic heterocycles. The van der Waals surface area contributed by atoms with Gasteiger partial charge in [0.25, 0.3) is 0 Å². The zero-order valence-electron chi connectivity index (χ0n) is 19.1. The molecule has 10 heteroatoms. The number of nitrogens with zero attached hydrogens (tertiary/aromatic N) is 3. The second-order valence-electron chi connectivity index (χ2n) is 7.70. The fourth-order valence-corrected chi connectivity index (χ4v) is 3.27. The lowest BCUT2D eigenvalue weighted by Crippen LogP contribution is -2.20. The van der Waals surface area contributed by atoms with Crippen molar-refractivity contribution in [2.75, 3.05) is 30.1 Å². The van der Waals surface area contributed by atoms with E-state index >= 15 is 0 Å². The normalized spacial score (nSPS) is 11.8. The molecule has 1 atom stereocenters. The van der Waals surface area contributed by atoms with E-state index in [2.05, 4.69) is 26.0 Å². The number of ether oxygens (including phenoxy) is 1. The second-order valence-corrected chi connectivity index (χ2v) is 7.70. The molecule has 1 aromatic carbocycles. The number of methoxy groups -OCH3 is 1. The van der Waals surface area contributed by atoms with Gasteiger partial charge in [0, 0.05) is 44.1 Å². The van der Waals surface area contributed by atoms with Gasteiger partial charge in [-0.1, -0.05) is 0 Å². The lowest BCUT2D eigenvalue weighted by atomic mass is 10.2. The number of halogens is 2. The standard InChI is InChI=1S/C23H28F2N6O2/c1-14(33-4)7-22(32)30-23-15(2)29-21(9-20(23)26-3)27-10-16-11-28-31(12-16)13-17-8-18(24)5-6-19(17)25/h5-6,8-9,11-12,14H,7,10,13H2,1-4H3,(H,30,32)(H2,26,27,29)/t14-/m1/s1. The number of aryl methyl sites for hydroxylation is 1. The number of hydrogen-bond donors (Lipinski definition) is 3. The fourth-order valence-electron chi connectivity index (χ4n) is 3.27. The summed E-state index contributed by atoms with van der Waals surface area (Å²) in [4.78, 5) is 16.8. The number of aromatic nitrogens is 3. The number of carbonyl (C=O) groups excluding carboxylic acids is 1. The Balaban J connectivity index is 1.65. The molecule has 0 bridgehead atoms. The number of nitrogens with one attached hydrogen (secondary N) is 3. The van der Waals surface area contributed by atoms with Gasteiger partial charge in [-0.3, -0.25) is 9.48 Å². The third kappa shape index (κ3) is 6.48. The molecule has 1 amide bonds. The maximum absolute atomic E-state index is 13.9. The van der Waals surface area contributed by atoms with Crippen LogP contribution in [0.4, 0.5) is 26.0 Å². The van der Waals surface area contributed by atoms with Crippen LogP contribution in [0.5, 0.6) is 0 Å². The number of rotatable bonds is 10. The first-order valence-electron chi connectivity index (χ1n) is 10.5. The van der Waals surface area contributed by atoms with E-state index in [-0.39, 0.29) is 30.5 Å². The van der Waals surface area contributed by atoms with E-state index < -0.39 is 11.6 Å². The van der Waals surface area contributed by atoms with Gasteiger partial charge in [-0.2, -0.15) is 5.10 Å².